The van der Waals surface area contributed by atoms with E-state index in [-0.39, 0.29) is 16.9 Å². The van der Waals surface area contributed by atoms with Crippen LogP contribution in [-0.4, -0.2) is 33.5 Å². The van der Waals surface area contributed by atoms with Gasteiger partial charge in [0.25, 0.3) is 0 Å². The van der Waals surface area contributed by atoms with Crippen LogP contribution in [0.15, 0.2) is 30.3 Å². The van der Waals surface area contributed by atoms with Crippen LogP contribution in [0.1, 0.15) is 18.9 Å². The molecule has 0 aliphatic carbocycles. The molecule has 0 radical (unpaired) electrons. The lowest BCUT2D eigenvalue weighted by Crippen LogP contribution is -2.25. The molecule has 6 heteroatoms. The molecule has 1 aromatic heterocycles. The number of hydrogen-bond donors (Lipinski definition) is 1. The SMILES string of the molecule is CC(=O)SCC1CC(=O)N(c2cc(-c3ccc(C)cc3)[nH]n2)C1. The summed E-state index contributed by atoms with van der Waals surface area (Å²) >= 11 is 1.29. The number of rotatable bonds is 4. The molecule has 1 N–H and O–H groups in total. The molecule has 5 nitrogen and oxygen atoms in total. The van der Waals surface area contributed by atoms with E-state index in [1.54, 1.807) is 11.8 Å². The van der Waals surface area contributed by atoms with Crippen molar-refractivity contribution in [3.05, 3.63) is 35.9 Å². The number of aryl methyl sites for hydroxylation is 1. The third-order valence-corrected chi connectivity index (χ3v) is 4.98. The number of aromatic nitrogens is 2. The van der Waals surface area contributed by atoms with Crippen molar-refractivity contribution < 1.29 is 9.59 Å². The number of carbonyl (C=O) groups excluding carboxylic acids is 2. The fourth-order valence-electron chi connectivity index (χ4n) is 2.68. The third kappa shape index (κ3) is 3.64. The number of benzene rings is 1. The van der Waals surface area contributed by atoms with Crippen molar-refractivity contribution in [2.45, 2.75) is 20.3 Å². The van der Waals surface area contributed by atoms with Gasteiger partial charge in [-0.05, 0) is 18.4 Å². The fraction of sp³-hybridized carbons (Fsp3) is 0.353. The molecule has 1 amide bonds. The average molecular weight is 329 g/mol. The zero-order valence-corrected chi connectivity index (χ0v) is 14.0. The van der Waals surface area contributed by atoms with E-state index in [4.69, 9.17) is 0 Å². The minimum atomic E-state index is 0.0705. The molecule has 0 spiro atoms. The molecule has 3 rings (SSSR count). The van der Waals surface area contributed by atoms with Crippen LogP contribution in [0.5, 0.6) is 0 Å². The van der Waals surface area contributed by atoms with Crippen LogP contribution in [0.4, 0.5) is 5.82 Å². The van der Waals surface area contributed by atoms with E-state index in [1.165, 1.54) is 17.3 Å². The van der Waals surface area contributed by atoms with Crippen molar-refractivity contribution in [1.29, 1.82) is 0 Å². The highest BCUT2D eigenvalue weighted by Gasteiger charge is 2.32. The van der Waals surface area contributed by atoms with Gasteiger partial charge in [0.15, 0.2) is 10.9 Å². The predicted molar refractivity (Wildman–Crippen MR) is 92.4 cm³/mol. The van der Waals surface area contributed by atoms with Gasteiger partial charge >= 0.3 is 0 Å². The van der Waals surface area contributed by atoms with Gasteiger partial charge in [0.2, 0.25) is 5.91 Å². The molecular formula is C17H19N3O2S. The second kappa shape index (κ2) is 6.58. The monoisotopic (exact) mass is 329 g/mol. The first-order chi connectivity index (χ1) is 11.0. The maximum absolute atomic E-state index is 12.2. The van der Waals surface area contributed by atoms with Crippen LogP contribution < -0.4 is 4.90 Å². The molecular weight excluding hydrogens is 310 g/mol. The molecule has 0 saturated carbocycles. The average Bonchev–Trinajstić information content (AvgIpc) is 3.12. The van der Waals surface area contributed by atoms with E-state index >= 15 is 0 Å². The largest absolute Gasteiger partial charge is 0.295 e. The van der Waals surface area contributed by atoms with Gasteiger partial charge in [0.05, 0.1) is 5.69 Å². The fourth-order valence-corrected chi connectivity index (χ4v) is 3.37. The molecule has 1 aromatic carbocycles. The van der Waals surface area contributed by atoms with Crippen molar-refractivity contribution >= 4 is 28.6 Å². The Labute approximate surface area is 139 Å². The van der Waals surface area contributed by atoms with Crippen LogP contribution in [-0.2, 0) is 9.59 Å². The Morgan fingerprint density at radius 2 is 2.13 bits per heavy atom. The van der Waals surface area contributed by atoms with Crippen LogP contribution in [0.2, 0.25) is 0 Å². The highest BCUT2D eigenvalue weighted by Crippen LogP contribution is 2.28. The summed E-state index contributed by atoms with van der Waals surface area (Å²) < 4.78 is 0. The van der Waals surface area contributed by atoms with Crippen LogP contribution in [0.3, 0.4) is 0 Å². The summed E-state index contributed by atoms with van der Waals surface area (Å²) in [6.07, 6.45) is 0.479. The Kier molecular flexibility index (Phi) is 4.52. The van der Waals surface area contributed by atoms with Crippen LogP contribution in [0.25, 0.3) is 11.3 Å². The smallest absolute Gasteiger partial charge is 0.228 e. The summed E-state index contributed by atoms with van der Waals surface area (Å²) in [6.45, 7) is 4.22. The molecule has 0 bridgehead atoms. The topological polar surface area (TPSA) is 66.1 Å². The number of anilines is 1. The Morgan fingerprint density at radius 3 is 2.83 bits per heavy atom. The summed E-state index contributed by atoms with van der Waals surface area (Å²) in [7, 11) is 0. The van der Waals surface area contributed by atoms with E-state index in [2.05, 4.69) is 10.2 Å². The molecule has 1 aliphatic heterocycles. The minimum Gasteiger partial charge on any atom is -0.295 e. The molecule has 2 heterocycles. The normalized spacial score (nSPS) is 17.7. The number of nitrogens with zero attached hydrogens (tertiary/aromatic N) is 2. The quantitative estimate of drug-likeness (QED) is 0.936. The maximum Gasteiger partial charge on any atom is 0.228 e. The summed E-state index contributed by atoms with van der Waals surface area (Å²) in [6, 6.07) is 10.1. The van der Waals surface area contributed by atoms with Crippen molar-refractivity contribution in [3.8, 4) is 11.3 Å². The maximum atomic E-state index is 12.2. The summed E-state index contributed by atoms with van der Waals surface area (Å²) in [5, 5.41) is 7.38. The second-order valence-corrected chi connectivity index (χ2v) is 7.08. The Balaban J connectivity index is 1.71. The highest BCUT2D eigenvalue weighted by molar-refractivity contribution is 8.13. The number of thioether (sulfide) groups is 1. The van der Waals surface area contributed by atoms with E-state index in [9.17, 15) is 9.59 Å². The number of nitrogens with one attached hydrogen (secondary N) is 1. The van der Waals surface area contributed by atoms with Gasteiger partial charge in [0.1, 0.15) is 0 Å². The number of aromatic amines is 1. The Hall–Kier alpha value is -2.08. The number of carbonyl (C=O) groups is 2. The minimum absolute atomic E-state index is 0.0705. The van der Waals surface area contributed by atoms with Crippen molar-refractivity contribution in [1.82, 2.24) is 10.2 Å². The number of H-pyrrole nitrogens is 1. The molecule has 2 aromatic rings. The van der Waals surface area contributed by atoms with E-state index in [0.717, 1.165) is 11.3 Å². The van der Waals surface area contributed by atoms with Gasteiger partial charge in [-0.3, -0.25) is 19.6 Å². The lowest BCUT2D eigenvalue weighted by atomic mass is 10.1. The zero-order valence-electron chi connectivity index (χ0n) is 13.2. The first-order valence-corrected chi connectivity index (χ1v) is 8.57. The Morgan fingerprint density at radius 1 is 1.39 bits per heavy atom. The standard InChI is InChI=1S/C17H19N3O2S/c1-11-3-5-14(6-4-11)15-8-16(19-18-15)20-9-13(7-17(20)22)10-23-12(2)21/h3-6,8,13H,7,9-10H2,1-2H3,(H,18,19). The molecule has 1 unspecified atom stereocenters. The molecule has 120 valence electrons. The molecule has 1 atom stereocenters. The van der Waals surface area contributed by atoms with Gasteiger partial charge in [-0.25, -0.2) is 0 Å². The second-order valence-electron chi connectivity index (χ2n) is 5.88. The van der Waals surface area contributed by atoms with Gasteiger partial charge in [-0.15, -0.1) is 0 Å². The molecule has 1 saturated heterocycles. The van der Waals surface area contributed by atoms with Crippen LogP contribution >= 0.6 is 11.8 Å². The van der Waals surface area contributed by atoms with Crippen molar-refractivity contribution in [2.24, 2.45) is 5.92 Å². The van der Waals surface area contributed by atoms with Gasteiger partial charge in [-0.1, -0.05) is 41.6 Å². The van der Waals surface area contributed by atoms with E-state index < -0.39 is 0 Å². The molecule has 1 aliphatic rings. The van der Waals surface area contributed by atoms with Crippen LogP contribution in [0, 0.1) is 12.8 Å². The predicted octanol–water partition coefficient (Wildman–Crippen LogP) is 3.02. The molecule has 23 heavy (non-hydrogen) atoms. The molecule has 1 fully saturated rings. The first kappa shape index (κ1) is 15.8. The number of amides is 1. The van der Waals surface area contributed by atoms with Crippen molar-refractivity contribution in [3.63, 3.8) is 0 Å². The lowest BCUT2D eigenvalue weighted by Gasteiger charge is -2.12. The summed E-state index contributed by atoms with van der Waals surface area (Å²) in [5.74, 6) is 1.62. The van der Waals surface area contributed by atoms with Gasteiger partial charge < -0.3 is 0 Å². The van der Waals surface area contributed by atoms with Crippen molar-refractivity contribution in [2.75, 3.05) is 17.2 Å². The first-order valence-electron chi connectivity index (χ1n) is 7.59. The Bertz CT molecular complexity index is 724. The lowest BCUT2D eigenvalue weighted by molar-refractivity contribution is -0.117. The third-order valence-electron chi connectivity index (χ3n) is 3.93. The zero-order chi connectivity index (χ0) is 16.4. The van der Waals surface area contributed by atoms with Gasteiger partial charge in [0, 0.05) is 31.7 Å². The number of hydrogen-bond acceptors (Lipinski definition) is 4. The van der Waals surface area contributed by atoms with Gasteiger partial charge in [-0.2, -0.15) is 5.10 Å². The van der Waals surface area contributed by atoms with E-state index in [1.807, 2.05) is 37.3 Å². The summed E-state index contributed by atoms with van der Waals surface area (Å²) in [4.78, 5) is 25.0. The van der Waals surface area contributed by atoms with E-state index in [0.29, 0.717) is 24.5 Å². The summed E-state index contributed by atoms with van der Waals surface area (Å²) in [5.41, 5.74) is 3.15. The highest BCUT2D eigenvalue weighted by atomic mass is 32.2.